The highest BCUT2D eigenvalue weighted by molar-refractivity contribution is 6.05. The molecular weight excluding hydrogens is 384 g/mol. The predicted molar refractivity (Wildman–Crippen MR) is 142 cm³/mol. The molecule has 2 aromatic rings. The Kier molecular flexibility index (Phi) is 8.91. The van der Waals surface area contributed by atoms with Gasteiger partial charge in [-0.25, -0.2) is 0 Å². The number of hydrogen-bond acceptors (Lipinski definition) is 0. The summed E-state index contributed by atoms with van der Waals surface area (Å²) in [5.74, 6) is 1.44. The van der Waals surface area contributed by atoms with Gasteiger partial charge in [0.15, 0.2) is 0 Å². The van der Waals surface area contributed by atoms with Gasteiger partial charge in [0.25, 0.3) is 0 Å². The van der Waals surface area contributed by atoms with Gasteiger partial charge in [-0.05, 0) is 77.0 Å². The summed E-state index contributed by atoms with van der Waals surface area (Å²) in [6.45, 7) is 13.3. The van der Waals surface area contributed by atoms with Gasteiger partial charge >= 0.3 is 0 Å². The van der Waals surface area contributed by atoms with Gasteiger partial charge in [0.05, 0.1) is 0 Å². The lowest BCUT2D eigenvalue weighted by Crippen LogP contribution is -2.07. The summed E-state index contributed by atoms with van der Waals surface area (Å²) < 4.78 is 0. The lowest BCUT2D eigenvalue weighted by Gasteiger charge is -2.22. The summed E-state index contributed by atoms with van der Waals surface area (Å²) in [5.41, 5.74) is 9.69. The minimum atomic E-state index is 0.596. The topological polar surface area (TPSA) is 0 Å². The average Bonchev–Trinajstić information content (AvgIpc) is 3.08. The van der Waals surface area contributed by atoms with Gasteiger partial charge in [-0.1, -0.05) is 119 Å². The Balaban J connectivity index is 0.00000141. The molecule has 0 spiro atoms. The van der Waals surface area contributed by atoms with E-state index in [4.69, 9.17) is 6.58 Å². The van der Waals surface area contributed by atoms with Crippen molar-refractivity contribution in [3.63, 3.8) is 0 Å². The molecular formula is C32H40. The summed E-state index contributed by atoms with van der Waals surface area (Å²) in [6.07, 6.45) is 12.1. The molecule has 4 rings (SSSR count). The SMILES string of the molecule is C=C(C1=C(/C=C\C)CC(c2ccccc2)=C1c1ccccc1)C1CCCC(C)CC1.CC. The quantitative estimate of drug-likeness (QED) is 0.419. The highest BCUT2D eigenvalue weighted by Crippen LogP contribution is 2.49. The van der Waals surface area contributed by atoms with E-state index in [-0.39, 0.29) is 0 Å². The molecule has 1 saturated carbocycles. The van der Waals surface area contributed by atoms with Crippen LogP contribution in [0.1, 0.15) is 77.3 Å². The van der Waals surface area contributed by atoms with Gasteiger partial charge in [-0.3, -0.25) is 0 Å². The number of rotatable bonds is 5. The lowest BCUT2D eigenvalue weighted by molar-refractivity contribution is 0.489. The van der Waals surface area contributed by atoms with Crippen LogP contribution in [0.25, 0.3) is 11.1 Å². The third-order valence-electron chi connectivity index (χ3n) is 6.86. The van der Waals surface area contributed by atoms with Crippen molar-refractivity contribution >= 4 is 11.1 Å². The molecule has 168 valence electrons. The van der Waals surface area contributed by atoms with Gasteiger partial charge in [0.1, 0.15) is 0 Å². The predicted octanol–water partition coefficient (Wildman–Crippen LogP) is 9.67. The molecule has 0 bridgehead atoms. The van der Waals surface area contributed by atoms with Gasteiger partial charge in [-0.2, -0.15) is 0 Å². The Morgan fingerprint density at radius 2 is 1.47 bits per heavy atom. The van der Waals surface area contributed by atoms with Gasteiger partial charge in [0, 0.05) is 0 Å². The Labute approximate surface area is 196 Å². The zero-order valence-corrected chi connectivity index (χ0v) is 20.5. The molecule has 0 nitrogen and oxygen atoms in total. The molecule has 2 aliphatic carbocycles. The Bertz CT molecular complexity index is 969. The molecule has 0 heterocycles. The fourth-order valence-electron chi connectivity index (χ4n) is 5.24. The fourth-order valence-corrected chi connectivity index (χ4v) is 5.24. The van der Waals surface area contributed by atoms with Crippen LogP contribution in [-0.4, -0.2) is 0 Å². The molecule has 0 radical (unpaired) electrons. The van der Waals surface area contributed by atoms with E-state index in [2.05, 4.69) is 86.7 Å². The van der Waals surface area contributed by atoms with E-state index in [1.54, 1.807) is 0 Å². The standard InChI is InChI=1S/C30H34.C2H6/c1-4-12-27-21-28(25-14-7-5-8-15-25)30(26-16-9-6-10-17-26)29(27)23(3)24-18-11-13-22(2)19-20-24;1-2/h4-10,12,14-17,22,24H,3,11,13,18-21H2,1-2H3;1-2H3/b12-4-;. The Hall–Kier alpha value is -2.60. The maximum absolute atomic E-state index is 4.74. The lowest BCUT2D eigenvalue weighted by atomic mass is 9.82. The maximum atomic E-state index is 4.74. The van der Waals surface area contributed by atoms with Crippen LogP contribution in [-0.2, 0) is 0 Å². The first-order valence-electron chi connectivity index (χ1n) is 12.6. The van der Waals surface area contributed by atoms with Crippen molar-refractivity contribution in [2.75, 3.05) is 0 Å². The molecule has 1 fully saturated rings. The Morgan fingerprint density at radius 3 is 2.09 bits per heavy atom. The monoisotopic (exact) mass is 424 g/mol. The van der Waals surface area contributed by atoms with Gasteiger partial charge < -0.3 is 0 Å². The van der Waals surface area contributed by atoms with Crippen LogP contribution < -0.4 is 0 Å². The summed E-state index contributed by atoms with van der Waals surface area (Å²) >= 11 is 0. The van der Waals surface area contributed by atoms with Gasteiger partial charge in [-0.15, -0.1) is 0 Å². The molecule has 0 amide bonds. The van der Waals surface area contributed by atoms with Crippen LogP contribution in [0.15, 0.2) is 96.1 Å². The minimum Gasteiger partial charge on any atom is -0.0949 e. The summed E-state index contributed by atoms with van der Waals surface area (Å²) in [4.78, 5) is 0. The van der Waals surface area contributed by atoms with Crippen molar-refractivity contribution in [3.8, 4) is 0 Å². The van der Waals surface area contributed by atoms with Crippen LogP contribution >= 0.6 is 0 Å². The van der Waals surface area contributed by atoms with Crippen LogP contribution in [0, 0.1) is 11.8 Å². The van der Waals surface area contributed by atoms with Crippen molar-refractivity contribution in [2.45, 2.75) is 66.2 Å². The molecule has 0 aromatic heterocycles. The fraction of sp³-hybridized carbons (Fsp3) is 0.375. The maximum Gasteiger partial charge on any atom is -0.000729 e. The number of allylic oxidation sites excluding steroid dienone is 7. The van der Waals surface area contributed by atoms with Crippen molar-refractivity contribution in [1.29, 1.82) is 0 Å². The van der Waals surface area contributed by atoms with Crippen LogP contribution in [0.4, 0.5) is 0 Å². The molecule has 2 atom stereocenters. The van der Waals surface area contributed by atoms with E-state index in [0.29, 0.717) is 5.92 Å². The Morgan fingerprint density at radius 1 is 0.844 bits per heavy atom. The zero-order valence-electron chi connectivity index (χ0n) is 20.5. The van der Waals surface area contributed by atoms with Crippen molar-refractivity contribution in [1.82, 2.24) is 0 Å². The molecule has 0 saturated heterocycles. The summed E-state index contributed by atoms with van der Waals surface area (Å²) in [5, 5.41) is 0. The second-order valence-corrected chi connectivity index (χ2v) is 9.00. The second-order valence-electron chi connectivity index (χ2n) is 9.00. The van der Waals surface area contributed by atoms with E-state index >= 15 is 0 Å². The second kappa shape index (κ2) is 11.9. The number of benzene rings is 2. The van der Waals surface area contributed by atoms with E-state index in [1.165, 1.54) is 71.1 Å². The largest absolute Gasteiger partial charge is 0.0949 e. The van der Waals surface area contributed by atoms with Crippen molar-refractivity contribution in [3.05, 3.63) is 107 Å². The highest BCUT2D eigenvalue weighted by Gasteiger charge is 2.30. The van der Waals surface area contributed by atoms with Gasteiger partial charge in [0.2, 0.25) is 0 Å². The molecule has 0 N–H and O–H groups in total. The molecule has 0 heteroatoms. The molecule has 32 heavy (non-hydrogen) atoms. The van der Waals surface area contributed by atoms with E-state index in [0.717, 1.165) is 12.3 Å². The average molecular weight is 425 g/mol. The third kappa shape index (κ3) is 5.41. The van der Waals surface area contributed by atoms with E-state index in [1.807, 2.05) is 13.8 Å². The molecule has 2 unspecified atom stereocenters. The minimum absolute atomic E-state index is 0.596. The van der Waals surface area contributed by atoms with E-state index in [9.17, 15) is 0 Å². The van der Waals surface area contributed by atoms with Crippen molar-refractivity contribution < 1.29 is 0 Å². The third-order valence-corrected chi connectivity index (χ3v) is 6.86. The van der Waals surface area contributed by atoms with E-state index < -0.39 is 0 Å². The number of hydrogen-bond donors (Lipinski definition) is 0. The first-order chi connectivity index (χ1) is 15.7. The smallest absolute Gasteiger partial charge is 0.000729 e. The van der Waals surface area contributed by atoms with Crippen LogP contribution in [0.3, 0.4) is 0 Å². The molecule has 2 aromatic carbocycles. The van der Waals surface area contributed by atoms with Crippen LogP contribution in [0.2, 0.25) is 0 Å². The van der Waals surface area contributed by atoms with Crippen molar-refractivity contribution in [2.24, 2.45) is 11.8 Å². The zero-order chi connectivity index (χ0) is 22.9. The summed E-state index contributed by atoms with van der Waals surface area (Å²) in [6, 6.07) is 21.9. The first-order valence-corrected chi connectivity index (χ1v) is 12.6. The van der Waals surface area contributed by atoms with Crippen LogP contribution in [0.5, 0.6) is 0 Å². The first kappa shape index (κ1) is 24.1. The summed E-state index contributed by atoms with van der Waals surface area (Å²) in [7, 11) is 0. The highest BCUT2D eigenvalue weighted by atomic mass is 14.3. The molecule has 0 aliphatic heterocycles. The molecule has 2 aliphatic rings. The normalized spacial score (nSPS) is 21.4.